The Labute approximate surface area is 209 Å². The molecule has 0 bridgehead atoms. The van der Waals surface area contributed by atoms with Gasteiger partial charge in [0.15, 0.2) is 0 Å². The SMILES string of the molecule is CC(C)C(=O)N1CCC2(CCC(CN3CCC(C(=O)N4CCC(C(C)C)CC4)CC3)CC2)CC1. The van der Waals surface area contributed by atoms with Crippen molar-refractivity contribution in [1.29, 1.82) is 0 Å². The van der Waals surface area contributed by atoms with Gasteiger partial charge in [-0.15, -0.1) is 0 Å². The lowest BCUT2D eigenvalue weighted by molar-refractivity contribution is -0.139. The van der Waals surface area contributed by atoms with Gasteiger partial charge in [-0.05, 0) is 100 Å². The summed E-state index contributed by atoms with van der Waals surface area (Å²) in [7, 11) is 0. The number of hydrogen-bond donors (Lipinski definition) is 0. The summed E-state index contributed by atoms with van der Waals surface area (Å²) in [6.07, 6.45) is 12.3. The molecular formula is C29H51N3O2. The average molecular weight is 474 g/mol. The molecule has 0 atom stereocenters. The first-order chi connectivity index (χ1) is 16.3. The van der Waals surface area contributed by atoms with E-state index in [2.05, 4.69) is 28.5 Å². The minimum absolute atomic E-state index is 0.126. The van der Waals surface area contributed by atoms with E-state index in [1.54, 1.807) is 0 Å². The van der Waals surface area contributed by atoms with E-state index < -0.39 is 0 Å². The first-order valence-corrected chi connectivity index (χ1v) is 14.6. The molecule has 194 valence electrons. The second-order valence-electron chi connectivity index (χ2n) is 12.9. The lowest BCUT2D eigenvalue weighted by Gasteiger charge is -2.47. The summed E-state index contributed by atoms with van der Waals surface area (Å²) in [6, 6.07) is 0. The zero-order chi connectivity index (χ0) is 24.3. The van der Waals surface area contributed by atoms with Crippen LogP contribution >= 0.6 is 0 Å². The highest BCUT2D eigenvalue weighted by Gasteiger charge is 2.40. The predicted octanol–water partition coefficient (Wildman–Crippen LogP) is 5.05. The molecule has 0 aromatic heterocycles. The van der Waals surface area contributed by atoms with Gasteiger partial charge in [-0.25, -0.2) is 0 Å². The Kier molecular flexibility index (Phi) is 8.64. The maximum Gasteiger partial charge on any atom is 0.225 e. The molecule has 3 aliphatic heterocycles. The minimum atomic E-state index is 0.126. The fourth-order valence-electron chi connectivity index (χ4n) is 7.31. The van der Waals surface area contributed by atoms with E-state index in [4.69, 9.17) is 0 Å². The zero-order valence-corrected chi connectivity index (χ0v) is 22.6. The lowest BCUT2D eigenvalue weighted by Crippen LogP contribution is -2.47. The average Bonchev–Trinajstić information content (AvgIpc) is 2.85. The van der Waals surface area contributed by atoms with Crippen molar-refractivity contribution in [2.75, 3.05) is 45.8 Å². The molecular weight excluding hydrogens is 422 g/mol. The van der Waals surface area contributed by atoms with E-state index in [0.717, 1.165) is 69.9 Å². The highest BCUT2D eigenvalue weighted by atomic mass is 16.2. The van der Waals surface area contributed by atoms with Gasteiger partial charge in [-0.1, -0.05) is 27.7 Å². The van der Waals surface area contributed by atoms with Crippen molar-refractivity contribution < 1.29 is 9.59 Å². The van der Waals surface area contributed by atoms with Crippen LogP contribution in [0.2, 0.25) is 0 Å². The minimum Gasteiger partial charge on any atom is -0.342 e. The van der Waals surface area contributed by atoms with Crippen molar-refractivity contribution in [3.63, 3.8) is 0 Å². The van der Waals surface area contributed by atoms with Crippen molar-refractivity contribution in [2.24, 2.45) is 35.0 Å². The predicted molar refractivity (Wildman–Crippen MR) is 138 cm³/mol. The second kappa shape index (κ2) is 11.3. The van der Waals surface area contributed by atoms with Crippen LogP contribution in [0.25, 0.3) is 0 Å². The van der Waals surface area contributed by atoms with Crippen molar-refractivity contribution in [2.45, 2.75) is 91.9 Å². The third-order valence-electron chi connectivity index (χ3n) is 10.0. The van der Waals surface area contributed by atoms with E-state index in [0.29, 0.717) is 17.2 Å². The summed E-state index contributed by atoms with van der Waals surface area (Å²) in [5.41, 5.74) is 0.507. The van der Waals surface area contributed by atoms with Crippen molar-refractivity contribution in [3.05, 3.63) is 0 Å². The molecule has 5 nitrogen and oxygen atoms in total. The Morgan fingerprint density at radius 2 is 1.32 bits per heavy atom. The molecule has 34 heavy (non-hydrogen) atoms. The van der Waals surface area contributed by atoms with Gasteiger partial charge in [-0.2, -0.15) is 0 Å². The number of carbonyl (C=O) groups excluding carboxylic acids is 2. The van der Waals surface area contributed by atoms with Gasteiger partial charge in [0.2, 0.25) is 11.8 Å². The molecule has 4 rings (SSSR count). The lowest BCUT2D eigenvalue weighted by atomic mass is 9.65. The summed E-state index contributed by atoms with van der Waals surface area (Å²) in [5.74, 6) is 3.55. The molecule has 0 aromatic rings. The van der Waals surface area contributed by atoms with Gasteiger partial charge in [0.25, 0.3) is 0 Å². The Hall–Kier alpha value is -1.10. The van der Waals surface area contributed by atoms with Crippen LogP contribution in [0.5, 0.6) is 0 Å². The van der Waals surface area contributed by atoms with Crippen LogP contribution in [0.1, 0.15) is 91.9 Å². The fourth-order valence-corrected chi connectivity index (χ4v) is 7.31. The normalized spacial score (nSPS) is 26.1. The first-order valence-electron chi connectivity index (χ1n) is 14.6. The van der Waals surface area contributed by atoms with Crippen LogP contribution in [0.15, 0.2) is 0 Å². The standard InChI is InChI=1S/C29H51N3O2/c1-22(2)25-9-17-31(18-10-25)28(34)26-7-15-30(16-8-26)21-24-5-11-29(12-6-24)13-19-32(20-14-29)27(33)23(3)4/h22-26H,5-21H2,1-4H3. The highest BCUT2D eigenvalue weighted by molar-refractivity contribution is 5.79. The second-order valence-corrected chi connectivity index (χ2v) is 12.9. The maximum atomic E-state index is 13.1. The van der Waals surface area contributed by atoms with Crippen molar-refractivity contribution >= 4 is 11.8 Å². The molecule has 1 aliphatic carbocycles. The number of nitrogens with zero attached hydrogens (tertiary/aromatic N) is 3. The molecule has 0 unspecified atom stereocenters. The molecule has 1 saturated carbocycles. The molecule has 4 fully saturated rings. The summed E-state index contributed by atoms with van der Waals surface area (Å²) in [4.78, 5) is 32.4. The van der Waals surface area contributed by atoms with E-state index >= 15 is 0 Å². The number of likely N-dealkylation sites (tertiary alicyclic amines) is 3. The summed E-state index contributed by atoms with van der Waals surface area (Å²) in [5, 5.41) is 0. The molecule has 1 spiro atoms. The van der Waals surface area contributed by atoms with Crippen LogP contribution in [-0.2, 0) is 9.59 Å². The molecule has 2 amide bonds. The van der Waals surface area contributed by atoms with Crippen LogP contribution in [0.3, 0.4) is 0 Å². The number of amides is 2. The summed E-state index contributed by atoms with van der Waals surface area (Å²) in [6.45, 7) is 16.0. The van der Waals surface area contributed by atoms with Gasteiger partial charge in [0.05, 0.1) is 0 Å². The van der Waals surface area contributed by atoms with Crippen LogP contribution in [0, 0.1) is 35.0 Å². The number of hydrogen-bond acceptors (Lipinski definition) is 3. The van der Waals surface area contributed by atoms with Crippen LogP contribution in [-0.4, -0.2) is 72.3 Å². The van der Waals surface area contributed by atoms with E-state index in [-0.39, 0.29) is 11.8 Å². The Morgan fingerprint density at radius 1 is 0.735 bits per heavy atom. The van der Waals surface area contributed by atoms with Crippen LogP contribution in [0.4, 0.5) is 0 Å². The molecule has 0 aromatic carbocycles. The highest BCUT2D eigenvalue weighted by Crippen LogP contribution is 2.46. The molecule has 4 aliphatic rings. The van der Waals surface area contributed by atoms with Crippen molar-refractivity contribution in [3.8, 4) is 0 Å². The summed E-state index contributed by atoms with van der Waals surface area (Å²) >= 11 is 0. The smallest absolute Gasteiger partial charge is 0.225 e. The van der Waals surface area contributed by atoms with Gasteiger partial charge < -0.3 is 14.7 Å². The zero-order valence-electron chi connectivity index (χ0n) is 22.6. The number of carbonyl (C=O) groups is 2. The van der Waals surface area contributed by atoms with E-state index in [1.807, 2.05) is 13.8 Å². The van der Waals surface area contributed by atoms with Gasteiger partial charge in [0.1, 0.15) is 0 Å². The fraction of sp³-hybridized carbons (Fsp3) is 0.931. The number of rotatable bonds is 5. The Balaban J connectivity index is 1.14. The molecule has 5 heteroatoms. The largest absolute Gasteiger partial charge is 0.342 e. The molecule has 3 heterocycles. The van der Waals surface area contributed by atoms with Gasteiger partial charge in [-0.3, -0.25) is 9.59 Å². The third-order valence-corrected chi connectivity index (χ3v) is 10.0. The van der Waals surface area contributed by atoms with Gasteiger partial charge in [0, 0.05) is 44.6 Å². The Morgan fingerprint density at radius 3 is 1.85 bits per heavy atom. The maximum absolute atomic E-state index is 13.1. The third kappa shape index (κ3) is 6.17. The number of piperidine rings is 3. The van der Waals surface area contributed by atoms with Crippen LogP contribution < -0.4 is 0 Å². The van der Waals surface area contributed by atoms with Gasteiger partial charge >= 0.3 is 0 Å². The molecule has 0 radical (unpaired) electrons. The molecule has 3 saturated heterocycles. The first kappa shape index (κ1) is 26.0. The molecule has 0 N–H and O–H groups in total. The van der Waals surface area contributed by atoms with E-state index in [9.17, 15) is 9.59 Å². The monoisotopic (exact) mass is 473 g/mol. The van der Waals surface area contributed by atoms with Crippen molar-refractivity contribution in [1.82, 2.24) is 14.7 Å². The topological polar surface area (TPSA) is 43.9 Å². The summed E-state index contributed by atoms with van der Waals surface area (Å²) < 4.78 is 0. The quantitative estimate of drug-likeness (QED) is 0.561. The van der Waals surface area contributed by atoms with E-state index in [1.165, 1.54) is 57.9 Å². The Bertz CT molecular complexity index is 671.